The first-order chi connectivity index (χ1) is 15.0. The SMILES string of the molecule is COc1ccc(-c2csc(N3N=C(C)[C@@H](N=Nc4ccccc4[N+](=O)[O-])C3=O)n2)cc1. The van der Waals surface area contributed by atoms with Gasteiger partial charge in [-0.1, -0.05) is 12.1 Å². The number of amides is 1. The summed E-state index contributed by atoms with van der Waals surface area (Å²) in [6.07, 6.45) is 0. The lowest BCUT2D eigenvalue weighted by Gasteiger charge is -2.08. The molecule has 1 aromatic heterocycles. The van der Waals surface area contributed by atoms with Gasteiger partial charge in [-0.2, -0.15) is 15.2 Å². The van der Waals surface area contributed by atoms with Gasteiger partial charge in [-0.05, 0) is 37.3 Å². The molecule has 1 aliphatic rings. The zero-order chi connectivity index (χ0) is 22.0. The number of anilines is 1. The second-order valence-electron chi connectivity index (χ2n) is 6.50. The Morgan fingerprint density at radius 3 is 2.65 bits per heavy atom. The summed E-state index contributed by atoms with van der Waals surface area (Å²) in [6, 6.07) is 12.4. The molecule has 4 rings (SSSR count). The van der Waals surface area contributed by atoms with E-state index in [2.05, 4.69) is 20.3 Å². The molecule has 0 fully saturated rings. The Balaban J connectivity index is 1.54. The van der Waals surface area contributed by atoms with Gasteiger partial charge < -0.3 is 4.74 Å². The van der Waals surface area contributed by atoms with Crippen LogP contribution in [0.1, 0.15) is 6.92 Å². The van der Waals surface area contributed by atoms with Gasteiger partial charge in [0.1, 0.15) is 5.75 Å². The van der Waals surface area contributed by atoms with Crippen molar-refractivity contribution in [3.8, 4) is 17.0 Å². The fraction of sp³-hybridized carbons (Fsp3) is 0.150. The smallest absolute Gasteiger partial charge is 0.296 e. The number of rotatable bonds is 6. The average Bonchev–Trinajstić information content (AvgIpc) is 3.37. The third kappa shape index (κ3) is 4.03. The van der Waals surface area contributed by atoms with E-state index in [0.717, 1.165) is 11.3 Å². The molecule has 0 bridgehead atoms. The molecule has 0 unspecified atom stereocenters. The summed E-state index contributed by atoms with van der Waals surface area (Å²) < 4.78 is 5.16. The molecule has 0 saturated carbocycles. The third-order valence-corrected chi connectivity index (χ3v) is 5.33. The van der Waals surface area contributed by atoms with Gasteiger partial charge in [-0.25, -0.2) is 4.98 Å². The van der Waals surface area contributed by atoms with Gasteiger partial charge in [0, 0.05) is 17.0 Å². The molecule has 1 amide bonds. The fourth-order valence-corrected chi connectivity index (χ4v) is 3.69. The van der Waals surface area contributed by atoms with Crippen LogP contribution in [0.25, 0.3) is 11.3 Å². The summed E-state index contributed by atoms with van der Waals surface area (Å²) in [4.78, 5) is 27.9. The van der Waals surface area contributed by atoms with E-state index >= 15 is 0 Å². The Morgan fingerprint density at radius 2 is 1.94 bits per heavy atom. The lowest BCUT2D eigenvalue weighted by Crippen LogP contribution is -2.29. The number of carbonyl (C=O) groups excluding carboxylic acids is 1. The van der Waals surface area contributed by atoms with E-state index in [1.165, 1.54) is 34.5 Å². The van der Waals surface area contributed by atoms with Crippen molar-refractivity contribution < 1.29 is 14.5 Å². The molecule has 2 aromatic carbocycles. The van der Waals surface area contributed by atoms with Crippen LogP contribution in [-0.4, -0.2) is 34.7 Å². The summed E-state index contributed by atoms with van der Waals surface area (Å²) in [5.41, 5.74) is 1.89. The molecule has 0 radical (unpaired) electrons. The van der Waals surface area contributed by atoms with E-state index in [1.54, 1.807) is 20.1 Å². The first kappa shape index (κ1) is 20.3. The minimum absolute atomic E-state index is 0.0718. The van der Waals surface area contributed by atoms with E-state index < -0.39 is 16.9 Å². The molecular formula is C20H16N6O4S. The van der Waals surface area contributed by atoms with Gasteiger partial charge in [0.05, 0.1) is 23.4 Å². The highest BCUT2D eigenvalue weighted by atomic mass is 32.1. The number of benzene rings is 2. The van der Waals surface area contributed by atoms with Gasteiger partial charge in [0.15, 0.2) is 11.7 Å². The van der Waals surface area contributed by atoms with Gasteiger partial charge in [-0.15, -0.1) is 16.5 Å². The number of ether oxygens (including phenoxy) is 1. The lowest BCUT2D eigenvalue weighted by molar-refractivity contribution is -0.384. The second-order valence-corrected chi connectivity index (χ2v) is 7.34. The number of carbonyl (C=O) groups is 1. The van der Waals surface area contributed by atoms with Gasteiger partial charge in [-0.3, -0.25) is 14.9 Å². The third-order valence-electron chi connectivity index (χ3n) is 4.51. The summed E-state index contributed by atoms with van der Waals surface area (Å²) in [5.74, 6) is 0.316. The van der Waals surface area contributed by atoms with Crippen molar-refractivity contribution in [2.24, 2.45) is 15.3 Å². The molecule has 1 aliphatic heterocycles. The minimum atomic E-state index is -0.965. The molecule has 0 spiro atoms. The number of hydrazone groups is 1. The van der Waals surface area contributed by atoms with Gasteiger partial charge in [0.25, 0.3) is 11.6 Å². The van der Waals surface area contributed by atoms with Crippen LogP contribution in [0.4, 0.5) is 16.5 Å². The highest BCUT2D eigenvalue weighted by Gasteiger charge is 2.36. The van der Waals surface area contributed by atoms with Crippen molar-refractivity contribution in [1.29, 1.82) is 0 Å². The summed E-state index contributed by atoms with van der Waals surface area (Å²) >= 11 is 1.27. The maximum Gasteiger partial charge on any atom is 0.296 e. The van der Waals surface area contributed by atoms with Crippen LogP contribution in [0, 0.1) is 10.1 Å². The molecule has 156 valence electrons. The van der Waals surface area contributed by atoms with Crippen LogP contribution < -0.4 is 9.75 Å². The predicted octanol–water partition coefficient (Wildman–Crippen LogP) is 4.60. The molecule has 10 nitrogen and oxygen atoms in total. The van der Waals surface area contributed by atoms with Crippen LogP contribution in [0.15, 0.2) is 69.2 Å². The van der Waals surface area contributed by atoms with E-state index in [0.29, 0.717) is 16.5 Å². The molecule has 2 heterocycles. The molecule has 0 N–H and O–H groups in total. The maximum atomic E-state index is 12.9. The number of para-hydroxylation sites is 1. The van der Waals surface area contributed by atoms with Gasteiger partial charge >= 0.3 is 0 Å². The molecule has 11 heteroatoms. The summed E-state index contributed by atoms with van der Waals surface area (Å²) in [5, 5.41) is 26.8. The standard InChI is InChI=1S/C20H16N6O4S/c1-12-18(23-22-15-5-3-4-6-17(15)26(28)29)19(27)25(24-12)20-21-16(11-31-20)13-7-9-14(30-2)10-8-13/h3-11,18H,1-2H3/t18-/m1/s1. The largest absolute Gasteiger partial charge is 0.497 e. The first-order valence-electron chi connectivity index (χ1n) is 9.11. The second kappa shape index (κ2) is 8.40. The Morgan fingerprint density at radius 1 is 1.19 bits per heavy atom. The average molecular weight is 436 g/mol. The highest BCUT2D eigenvalue weighted by Crippen LogP contribution is 2.32. The first-order valence-corrected chi connectivity index (χ1v) is 9.99. The van der Waals surface area contributed by atoms with E-state index in [1.807, 2.05) is 29.6 Å². The Labute approximate surface area is 180 Å². The number of azo groups is 1. The topological polar surface area (TPSA) is 123 Å². The minimum Gasteiger partial charge on any atom is -0.497 e. The van der Waals surface area contributed by atoms with Crippen LogP contribution >= 0.6 is 11.3 Å². The van der Waals surface area contributed by atoms with Crippen molar-refractivity contribution in [2.45, 2.75) is 13.0 Å². The van der Waals surface area contributed by atoms with E-state index in [9.17, 15) is 14.9 Å². The zero-order valence-electron chi connectivity index (χ0n) is 16.5. The Bertz CT molecular complexity index is 1200. The van der Waals surface area contributed by atoms with Gasteiger partial charge in [0.2, 0.25) is 5.13 Å². The molecule has 0 saturated heterocycles. The molecule has 1 atom stereocenters. The van der Waals surface area contributed by atoms with Crippen LogP contribution in [0.3, 0.4) is 0 Å². The molecule has 31 heavy (non-hydrogen) atoms. The monoisotopic (exact) mass is 436 g/mol. The number of methoxy groups -OCH3 is 1. The predicted molar refractivity (Wildman–Crippen MR) is 116 cm³/mol. The number of thiazole rings is 1. The van der Waals surface area contributed by atoms with Crippen LogP contribution in [0.5, 0.6) is 5.75 Å². The number of nitro benzene ring substituents is 1. The number of hydrogen-bond acceptors (Lipinski definition) is 9. The van der Waals surface area contributed by atoms with E-state index in [-0.39, 0.29) is 11.4 Å². The maximum absolute atomic E-state index is 12.9. The fourth-order valence-electron chi connectivity index (χ4n) is 2.91. The van der Waals surface area contributed by atoms with Crippen LogP contribution in [-0.2, 0) is 4.79 Å². The number of nitro groups is 1. The highest BCUT2D eigenvalue weighted by molar-refractivity contribution is 7.14. The van der Waals surface area contributed by atoms with Crippen LogP contribution in [0.2, 0.25) is 0 Å². The molecule has 0 aliphatic carbocycles. The number of nitrogens with zero attached hydrogens (tertiary/aromatic N) is 6. The Kier molecular flexibility index (Phi) is 5.50. The Hall–Kier alpha value is -3.99. The van der Waals surface area contributed by atoms with E-state index in [4.69, 9.17) is 4.74 Å². The quantitative estimate of drug-likeness (QED) is 0.317. The lowest BCUT2D eigenvalue weighted by atomic mass is 10.2. The molecular weight excluding hydrogens is 420 g/mol. The van der Waals surface area contributed by atoms with Crippen molar-refractivity contribution in [1.82, 2.24) is 4.98 Å². The van der Waals surface area contributed by atoms with Crippen molar-refractivity contribution in [3.05, 3.63) is 64.0 Å². The summed E-state index contributed by atoms with van der Waals surface area (Å²) in [6.45, 7) is 1.65. The number of hydrogen-bond donors (Lipinski definition) is 0. The summed E-state index contributed by atoms with van der Waals surface area (Å²) in [7, 11) is 1.60. The van der Waals surface area contributed by atoms with Crippen molar-refractivity contribution in [2.75, 3.05) is 12.1 Å². The van der Waals surface area contributed by atoms with Crippen molar-refractivity contribution in [3.63, 3.8) is 0 Å². The molecule has 3 aromatic rings. The van der Waals surface area contributed by atoms with Crippen molar-refractivity contribution >= 4 is 39.5 Å². The zero-order valence-corrected chi connectivity index (χ0v) is 17.3. The number of aromatic nitrogens is 1. The normalized spacial score (nSPS) is 16.1.